The summed E-state index contributed by atoms with van der Waals surface area (Å²) in [4.78, 5) is 23.4. The number of carbonyl (C=O) groups is 1. The number of amides is 2. The molecule has 1 aromatic heterocycles. The maximum atomic E-state index is 11.6. The lowest BCUT2D eigenvalue weighted by atomic mass is 10.1. The van der Waals surface area contributed by atoms with Crippen LogP contribution < -0.4 is 15.5 Å². The Kier molecular flexibility index (Phi) is 7.52. The molecular formula is C23H35N5O4S. The normalized spacial score (nSPS) is 17.7. The second-order valence-corrected chi connectivity index (χ2v) is 12.1. The SMILES string of the molecule is CNC(=O)Nc1ccc(-c2nc(N3CCOC[C@@H]3C)cc(C(C)(C)S(O)(O)C(C)C)n2)cc1. The van der Waals surface area contributed by atoms with Crippen molar-refractivity contribution >= 4 is 28.1 Å². The van der Waals surface area contributed by atoms with Crippen molar-refractivity contribution in [1.82, 2.24) is 15.3 Å². The fourth-order valence-electron chi connectivity index (χ4n) is 3.73. The summed E-state index contributed by atoms with van der Waals surface area (Å²) in [5.74, 6) is 1.21. The number of ether oxygens (including phenoxy) is 1. The number of morpholine rings is 1. The number of urea groups is 1. The molecule has 1 atom stereocenters. The highest BCUT2D eigenvalue weighted by atomic mass is 32.3. The minimum Gasteiger partial charge on any atom is -0.377 e. The van der Waals surface area contributed by atoms with Crippen LogP contribution >= 0.6 is 10.6 Å². The summed E-state index contributed by atoms with van der Waals surface area (Å²) < 4.78 is 26.7. The van der Waals surface area contributed by atoms with Crippen molar-refractivity contribution in [2.45, 2.75) is 50.7 Å². The van der Waals surface area contributed by atoms with Gasteiger partial charge in [0.25, 0.3) is 0 Å². The van der Waals surface area contributed by atoms with Gasteiger partial charge >= 0.3 is 6.03 Å². The summed E-state index contributed by atoms with van der Waals surface area (Å²) in [6.45, 7) is 11.2. The average Bonchev–Trinajstić information content (AvgIpc) is 2.79. The first-order valence-electron chi connectivity index (χ1n) is 11.1. The van der Waals surface area contributed by atoms with Crippen molar-refractivity contribution < 1.29 is 18.6 Å². The van der Waals surface area contributed by atoms with Gasteiger partial charge in [-0.2, -0.15) is 10.6 Å². The van der Waals surface area contributed by atoms with E-state index < -0.39 is 15.3 Å². The summed E-state index contributed by atoms with van der Waals surface area (Å²) in [5, 5.41) is 4.92. The Bertz CT molecular complexity index is 981. The molecule has 4 N–H and O–H groups in total. The molecule has 2 aromatic rings. The molecule has 2 amide bonds. The molecule has 10 heteroatoms. The third-order valence-electron chi connectivity index (χ3n) is 6.03. The third-order valence-corrected chi connectivity index (χ3v) is 9.05. The van der Waals surface area contributed by atoms with Crippen molar-refractivity contribution in [2.24, 2.45) is 0 Å². The Morgan fingerprint density at radius 3 is 2.48 bits per heavy atom. The highest BCUT2D eigenvalue weighted by Crippen LogP contribution is 2.60. The van der Waals surface area contributed by atoms with E-state index in [9.17, 15) is 13.9 Å². The average molecular weight is 478 g/mol. The molecule has 0 radical (unpaired) electrons. The fraction of sp³-hybridized carbons (Fsp3) is 0.522. The van der Waals surface area contributed by atoms with Crippen molar-refractivity contribution in [2.75, 3.05) is 37.0 Å². The van der Waals surface area contributed by atoms with Gasteiger partial charge in [-0.05, 0) is 58.9 Å². The van der Waals surface area contributed by atoms with E-state index in [-0.39, 0.29) is 17.3 Å². The molecule has 0 bridgehead atoms. The molecule has 1 fully saturated rings. The lowest BCUT2D eigenvalue weighted by molar-refractivity contribution is 0.0985. The van der Waals surface area contributed by atoms with Crippen LogP contribution in [0.3, 0.4) is 0 Å². The van der Waals surface area contributed by atoms with E-state index in [1.807, 2.05) is 45.9 Å². The summed E-state index contributed by atoms with van der Waals surface area (Å²) in [6, 6.07) is 8.93. The van der Waals surface area contributed by atoms with E-state index in [1.165, 1.54) is 0 Å². The number of nitrogens with one attached hydrogen (secondary N) is 2. The van der Waals surface area contributed by atoms with E-state index in [4.69, 9.17) is 14.7 Å². The van der Waals surface area contributed by atoms with Crippen LogP contribution in [0.4, 0.5) is 16.3 Å². The number of aromatic nitrogens is 2. The predicted octanol–water partition coefficient (Wildman–Crippen LogP) is 4.51. The third kappa shape index (κ3) is 5.24. The molecule has 0 saturated carbocycles. The van der Waals surface area contributed by atoms with Gasteiger partial charge in [0, 0.05) is 36.2 Å². The topological polar surface area (TPSA) is 120 Å². The van der Waals surface area contributed by atoms with Gasteiger partial charge < -0.3 is 20.3 Å². The molecule has 182 valence electrons. The standard InChI is InChI=1S/C23H35N5O4S/c1-15(2)33(30,31)23(4,5)19-13-20(28-11-12-32-14-16(28)3)27-21(26-19)17-7-9-18(10-8-17)25-22(29)24-6/h7-10,13,15-16,30-31H,11-12,14H2,1-6H3,(H2,24,25,29)/t16-/m0/s1. The van der Waals surface area contributed by atoms with Gasteiger partial charge in [-0.25, -0.2) is 14.8 Å². The fourth-order valence-corrected chi connectivity index (χ4v) is 5.32. The Balaban J connectivity index is 2.09. The number of carbonyl (C=O) groups excluding carboxylic acids is 1. The van der Waals surface area contributed by atoms with Gasteiger partial charge in [-0.15, -0.1) is 0 Å². The smallest absolute Gasteiger partial charge is 0.318 e. The van der Waals surface area contributed by atoms with Gasteiger partial charge in [-0.1, -0.05) is 0 Å². The van der Waals surface area contributed by atoms with Crippen molar-refractivity contribution in [3.05, 3.63) is 36.0 Å². The van der Waals surface area contributed by atoms with E-state index >= 15 is 0 Å². The van der Waals surface area contributed by atoms with Crippen LogP contribution in [0.1, 0.15) is 40.3 Å². The number of rotatable bonds is 6. The second kappa shape index (κ2) is 9.84. The summed E-state index contributed by atoms with van der Waals surface area (Å²) >= 11 is 0. The zero-order valence-corrected chi connectivity index (χ0v) is 20.9. The molecule has 1 aromatic carbocycles. The zero-order valence-electron chi connectivity index (χ0n) is 20.1. The summed E-state index contributed by atoms with van der Waals surface area (Å²) in [7, 11) is -1.44. The number of benzene rings is 1. The Morgan fingerprint density at radius 2 is 1.91 bits per heavy atom. The van der Waals surface area contributed by atoms with Gasteiger partial charge in [-0.3, -0.25) is 9.11 Å². The van der Waals surface area contributed by atoms with Gasteiger partial charge in [0.05, 0.1) is 29.7 Å². The molecule has 3 rings (SSSR count). The first-order chi connectivity index (χ1) is 15.5. The molecule has 0 unspecified atom stereocenters. The molecule has 33 heavy (non-hydrogen) atoms. The minimum absolute atomic E-state index is 0.127. The molecule has 9 nitrogen and oxygen atoms in total. The van der Waals surface area contributed by atoms with Crippen LogP contribution in [0.2, 0.25) is 0 Å². The first kappa shape index (κ1) is 25.2. The molecule has 1 aliphatic rings. The van der Waals surface area contributed by atoms with Crippen molar-refractivity contribution in [1.29, 1.82) is 0 Å². The lowest BCUT2D eigenvalue weighted by Gasteiger charge is -2.49. The largest absolute Gasteiger partial charge is 0.377 e. The Labute approximate surface area is 197 Å². The number of hydrogen-bond acceptors (Lipinski definition) is 7. The van der Waals surface area contributed by atoms with Crippen LogP contribution in [0.25, 0.3) is 11.4 Å². The zero-order chi connectivity index (χ0) is 24.4. The van der Waals surface area contributed by atoms with E-state index in [1.54, 1.807) is 19.2 Å². The van der Waals surface area contributed by atoms with Crippen LogP contribution in [0.5, 0.6) is 0 Å². The van der Waals surface area contributed by atoms with Crippen molar-refractivity contribution in [3.63, 3.8) is 0 Å². The van der Waals surface area contributed by atoms with Gasteiger partial charge in [0.1, 0.15) is 5.82 Å². The van der Waals surface area contributed by atoms with Crippen LogP contribution in [-0.4, -0.2) is 63.2 Å². The van der Waals surface area contributed by atoms with Crippen LogP contribution in [0, 0.1) is 0 Å². The Hall–Kier alpha value is -2.40. The maximum Gasteiger partial charge on any atom is 0.318 e. The molecule has 1 aliphatic heterocycles. The quantitative estimate of drug-likeness (QED) is 0.483. The van der Waals surface area contributed by atoms with Crippen LogP contribution in [0.15, 0.2) is 30.3 Å². The predicted molar refractivity (Wildman–Crippen MR) is 134 cm³/mol. The first-order valence-corrected chi connectivity index (χ1v) is 12.7. The monoisotopic (exact) mass is 477 g/mol. The number of nitrogens with zero attached hydrogens (tertiary/aromatic N) is 3. The van der Waals surface area contributed by atoms with E-state index in [2.05, 4.69) is 22.5 Å². The van der Waals surface area contributed by atoms with E-state index in [0.717, 1.165) is 11.4 Å². The highest BCUT2D eigenvalue weighted by Gasteiger charge is 2.40. The lowest BCUT2D eigenvalue weighted by Crippen LogP contribution is -2.44. The minimum atomic E-state index is -3.00. The summed E-state index contributed by atoms with van der Waals surface area (Å²) in [5.41, 5.74) is 1.98. The maximum absolute atomic E-state index is 11.6. The Morgan fingerprint density at radius 1 is 1.24 bits per heavy atom. The van der Waals surface area contributed by atoms with Crippen LogP contribution in [-0.2, 0) is 9.48 Å². The van der Waals surface area contributed by atoms with Crippen molar-refractivity contribution in [3.8, 4) is 11.4 Å². The second-order valence-electron chi connectivity index (χ2n) is 8.99. The molecular weight excluding hydrogens is 442 g/mol. The number of anilines is 2. The number of hydrogen-bond donors (Lipinski definition) is 4. The molecule has 1 saturated heterocycles. The molecule has 2 heterocycles. The van der Waals surface area contributed by atoms with E-state index in [0.29, 0.717) is 37.0 Å². The molecule has 0 spiro atoms. The van der Waals surface area contributed by atoms with Gasteiger partial charge in [0.15, 0.2) is 5.82 Å². The molecule has 0 aliphatic carbocycles. The summed E-state index contributed by atoms with van der Waals surface area (Å²) in [6.07, 6.45) is 0. The highest BCUT2D eigenvalue weighted by molar-refractivity contribution is 8.25. The van der Waals surface area contributed by atoms with Gasteiger partial charge in [0.2, 0.25) is 0 Å².